The third kappa shape index (κ3) is 4.41. The summed E-state index contributed by atoms with van der Waals surface area (Å²) in [5, 5.41) is 4.67. The Balaban J connectivity index is 1.93. The molecule has 0 aromatic carbocycles. The number of anilines is 1. The minimum atomic E-state index is 0.648. The molecule has 2 heterocycles. The molecule has 1 fully saturated rings. The number of aryl methyl sites for hydroxylation is 1. The normalized spacial score (nSPS) is 17.3. The zero-order valence-electron chi connectivity index (χ0n) is 14.0. The average Bonchev–Trinajstić information content (AvgIpc) is 2.88. The summed E-state index contributed by atoms with van der Waals surface area (Å²) >= 11 is 1.86. The van der Waals surface area contributed by atoms with E-state index in [-0.39, 0.29) is 0 Å². The Kier molecular flexibility index (Phi) is 6.45. The van der Waals surface area contributed by atoms with Gasteiger partial charge in [-0.2, -0.15) is 0 Å². The van der Waals surface area contributed by atoms with E-state index in [0.717, 1.165) is 13.1 Å². The van der Waals surface area contributed by atoms with Crippen molar-refractivity contribution in [3.63, 3.8) is 0 Å². The van der Waals surface area contributed by atoms with Crippen molar-refractivity contribution in [3.8, 4) is 0 Å². The average molecular weight is 311 g/mol. The van der Waals surface area contributed by atoms with E-state index in [1.165, 1.54) is 54.6 Å². The van der Waals surface area contributed by atoms with Gasteiger partial charge in [0.1, 0.15) is 0 Å². The van der Waals surface area contributed by atoms with Gasteiger partial charge in [0.05, 0.1) is 5.69 Å². The smallest absolute Gasteiger partial charge is 0.185 e. The first kappa shape index (κ1) is 16.7. The number of rotatable bonds is 7. The first-order valence-electron chi connectivity index (χ1n) is 8.27. The Hall–Kier alpha value is -0.650. The van der Waals surface area contributed by atoms with Gasteiger partial charge in [0.25, 0.3) is 0 Å². The molecule has 1 aliphatic heterocycles. The van der Waals surface area contributed by atoms with Gasteiger partial charge in [0, 0.05) is 37.6 Å². The molecular weight excluding hydrogens is 280 g/mol. The van der Waals surface area contributed by atoms with E-state index in [9.17, 15) is 0 Å². The van der Waals surface area contributed by atoms with Gasteiger partial charge in [-0.25, -0.2) is 4.98 Å². The van der Waals surface area contributed by atoms with Crippen molar-refractivity contribution < 1.29 is 0 Å². The number of likely N-dealkylation sites (tertiary alicyclic amines) is 1. The van der Waals surface area contributed by atoms with Crippen molar-refractivity contribution in [2.45, 2.75) is 52.6 Å². The quantitative estimate of drug-likeness (QED) is 0.785. The van der Waals surface area contributed by atoms with Crippen LogP contribution in [0.3, 0.4) is 0 Å². The monoisotopic (exact) mass is 310 g/mol. The van der Waals surface area contributed by atoms with Gasteiger partial charge in [-0.15, -0.1) is 11.3 Å². The summed E-state index contributed by atoms with van der Waals surface area (Å²) in [6.07, 6.45) is 3.69. The van der Waals surface area contributed by atoms with E-state index in [1.807, 2.05) is 11.3 Å². The summed E-state index contributed by atoms with van der Waals surface area (Å²) in [6, 6.07) is 0.648. The summed E-state index contributed by atoms with van der Waals surface area (Å²) < 4.78 is 0. The first-order valence-corrected chi connectivity index (χ1v) is 9.09. The number of hydrogen-bond donors (Lipinski definition) is 1. The van der Waals surface area contributed by atoms with Crippen molar-refractivity contribution in [1.29, 1.82) is 0 Å². The van der Waals surface area contributed by atoms with Crippen LogP contribution in [0.4, 0.5) is 5.13 Å². The summed E-state index contributed by atoms with van der Waals surface area (Å²) in [4.78, 5) is 11.1. The molecule has 1 saturated heterocycles. The number of hydrogen-bond acceptors (Lipinski definition) is 5. The molecule has 1 aliphatic rings. The molecule has 0 atom stereocenters. The Morgan fingerprint density at radius 1 is 1.33 bits per heavy atom. The predicted molar refractivity (Wildman–Crippen MR) is 92.4 cm³/mol. The molecule has 4 nitrogen and oxygen atoms in total. The number of piperidine rings is 1. The molecule has 0 radical (unpaired) electrons. The highest BCUT2D eigenvalue weighted by Gasteiger charge is 2.24. The lowest BCUT2D eigenvalue weighted by molar-refractivity contribution is 0.221. The lowest BCUT2D eigenvalue weighted by Crippen LogP contribution is -2.43. The molecule has 5 heteroatoms. The second-order valence-corrected chi connectivity index (χ2v) is 7.02. The number of thiazole rings is 1. The van der Waals surface area contributed by atoms with E-state index in [2.05, 4.69) is 42.9 Å². The zero-order valence-corrected chi connectivity index (χ0v) is 14.8. The molecule has 120 valence electrons. The van der Waals surface area contributed by atoms with Crippen LogP contribution in [0.15, 0.2) is 0 Å². The van der Waals surface area contributed by atoms with Crippen LogP contribution >= 0.6 is 11.3 Å². The van der Waals surface area contributed by atoms with Crippen molar-refractivity contribution in [2.75, 3.05) is 38.1 Å². The number of aromatic nitrogens is 1. The highest BCUT2D eigenvalue weighted by Crippen LogP contribution is 2.29. The van der Waals surface area contributed by atoms with Crippen LogP contribution < -0.4 is 10.2 Å². The van der Waals surface area contributed by atoms with Gasteiger partial charge >= 0.3 is 0 Å². The van der Waals surface area contributed by atoms with Crippen molar-refractivity contribution in [3.05, 3.63) is 10.6 Å². The number of nitrogens with one attached hydrogen (secondary N) is 1. The van der Waals surface area contributed by atoms with Crippen LogP contribution in [0, 0.1) is 6.92 Å². The molecule has 0 aliphatic carbocycles. The maximum Gasteiger partial charge on any atom is 0.185 e. The molecule has 0 amide bonds. The zero-order chi connectivity index (χ0) is 15.2. The van der Waals surface area contributed by atoms with Crippen molar-refractivity contribution in [1.82, 2.24) is 15.2 Å². The largest absolute Gasteiger partial charge is 0.348 e. The molecule has 0 bridgehead atoms. The predicted octanol–water partition coefficient (Wildman–Crippen LogP) is 2.87. The Morgan fingerprint density at radius 3 is 2.67 bits per heavy atom. The van der Waals surface area contributed by atoms with Gasteiger partial charge in [0.15, 0.2) is 5.13 Å². The standard InChI is InChI=1S/C16H30N4S/c1-5-9-17-12-15-13(3)18-16(21-15)19(4)14-7-10-20(6-2)11-8-14/h14,17H,5-12H2,1-4H3. The molecule has 2 rings (SSSR count). The summed E-state index contributed by atoms with van der Waals surface area (Å²) in [6.45, 7) is 12.3. The van der Waals surface area contributed by atoms with Crippen LogP contribution in [-0.2, 0) is 6.54 Å². The van der Waals surface area contributed by atoms with Crippen LogP contribution in [0.2, 0.25) is 0 Å². The molecule has 0 unspecified atom stereocenters. The van der Waals surface area contributed by atoms with Crippen molar-refractivity contribution in [2.24, 2.45) is 0 Å². The lowest BCUT2D eigenvalue weighted by atomic mass is 10.0. The second kappa shape index (κ2) is 8.11. The van der Waals surface area contributed by atoms with Crippen molar-refractivity contribution >= 4 is 16.5 Å². The maximum atomic E-state index is 4.79. The van der Waals surface area contributed by atoms with E-state index in [1.54, 1.807) is 0 Å². The second-order valence-electron chi connectivity index (χ2n) is 5.96. The van der Waals surface area contributed by atoms with E-state index in [4.69, 9.17) is 4.98 Å². The fourth-order valence-corrected chi connectivity index (χ4v) is 3.95. The third-order valence-corrected chi connectivity index (χ3v) is 5.70. The molecule has 21 heavy (non-hydrogen) atoms. The molecule has 0 saturated carbocycles. The van der Waals surface area contributed by atoms with Gasteiger partial charge in [-0.05, 0) is 39.3 Å². The molecule has 1 aromatic rings. The maximum absolute atomic E-state index is 4.79. The van der Waals surface area contributed by atoms with Gasteiger partial charge in [-0.1, -0.05) is 13.8 Å². The molecule has 1 N–H and O–H groups in total. The van der Waals surface area contributed by atoms with Crippen LogP contribution in [0.25, 0.3) is 0 Å². The van der Waals surface area contributed by atoms with E-state index < -0.39 is 0 Å². The Morgan fingerprint density at radius 2 is 2.05 bits per heavy atom. The number of nitrogens with zero attached hydrogens (tertiary/aromatic N) is 3. The van der Waals surface area contributed by atoms with E-state index in [0.29, 0.717) is 6.04 Å². The van der Waals surface area contributed by atoms with Crippen LogP contribution in [-0.4, -0.2) is 49.2 Å². The first-order chi connectivity index (χ1) is 10.2. The fourth-order valence-electron chi connectivity index (χ4n) is 2.89. The Bertz CT molecular complexity index is 424. The van der Waals surface area contributed by atoms with E-state index >= 15 is 0 Å². The van der Waals surface area contributed by atoms with Gasteiger partial charge < -0.3 is 15.1 Å². The fraction of sp³-hybridized carbons (Fsp3) is 0.812. The molecular formula is C16H30N4S. The molecule has 0 spiro atoms. The third-order valence-electron chi connectivity index (χ3n) is 4.45. The Labute approximate surface area is 133 Å². The minimum absolute atomic E-state index is 0.648. The van der Waals surface area contributed by atoms with Crippen LogP contribution in [0.5, 0.6) is 0 Å². The highest BCUT2D eigenvalue weighted by molar-refractivity contribution is 7.15. The summed E-state index contributed by atoms with van der Waals surface area (Å²) in [5.74, 6) is 0. The lowest BCUT2D eigenvalue weighted by Gasteiger charge is -2.36. The SMILES string of the molecule is CCCNCc1sc(N(C)C2CCN(CC)CC2)nc1C. The topological polar surface area (TPSA) is 31.4 Å². The summed E-state index contributed by atoms with van der Waals surface area (Å²) in [7, 11) is 2.22. The van der Waals surface area contributed by atoms with Gasteiger partial charge in [-0.3, -0.25) is 0 Å². The minimum Gasteiger partial charge on any atom is -0.348 e. The highest BCUT2D eigenvalue weighted by atomic mass is 32.1. The van der Waals surface area contributed by atoms with Gasteiger partial charge in [0.2, 0.25) is 0 Å². The summed E-state index contributed by atoms with van der Waals surface area (Å²) in [5.41, 5.74) is 1.19. The van der Waals surface area contributed by atoms with Crippen LogP contribution in [0.1, 0.15) is 43.7 Å². The molecule has 1 aromatic heterocycles.